The molecule has 0 saturated carbocycles. The zero-order chi connectivity index (χ0) is 16.5. The summed E-state index contributed by atoms with van der Waals surface area (Å²) < 4.78 is 0. The lowest BCUT2D eigenvalue weighted by Gasteiger charge is -2.28. The number of nitrogens with zero attached hydrogens (tertiary/aromatic N) is 5. The van der Waals surface area contributed by atoms with E-state index in [1.807, 2.05) is 0 Å². The van der Waals surface area contributed by atoms with Crippen LogP contribution in [-0.4, -0.2) is 44.8 Å². The smallest absolute Gasteiger partial charge is 0.151 e. The summed E-state index contributed by atoms with van der Waals surface area (Å²) in [5.41, 5.74) is 2.43. The maximum Gasteiger partial charge on any atom is 0.151 e. The van der Waals surface area contributed by atoms with Gasteiger partial charge in [-0.2, -0.15) is 5.10 Å². The van der Waals surface area contributed by atoms with Crippen molar-refractivity contribution in [1.29, 1.82) is 0 Å². The van der Waals surface area contributed by atoms with E-state index in [9.17, 15) is 5.11 Å². The summed E-state index contributed by atoms with van der Waals surface area (Å²) in [6, 6.07) is 2.23. The van der Waals surface area contributed by atoms with Crippen LogP contribution in [0.15, 0.2) is 12.3 Å². The second-order valence-electron chi connectivity index (χ2n) is 6.66. The van der Waals surface area contributed by atoms with Crippen molar-refractivity contribution in [1.82, 2.24) is 20.1 Å². The van der Waals surface area contributed by atoms with Gasteiger partial charge in [-0.3, -0.25) is 4.90 Å². The Bertz CT molecular complexity index is 711. The fraction of sp³-hybridized carbons (Fsp3) is 0.588. The monoisotopic (exact) mass is 345 g/mol. The first kappa shape index (κ1) is 15.9. The molecule has 1 saturated heterocycles. The third-order valence-electron chi connectivity index (χ3n) is 4.78. The SMILES string of the molecule is CC(O)c1cnc(CN2CCc3nnc(N4CCCC4)cc3C2)s1. The molecule has 1 atom stereocenters. The summed E-state index contributed by atoms with van der Waals surface area (Å²) in [4.78, 5) is 10.1. The van der Waals surface area contributed by atoms with Crippen molar-refractivity contribution in [2.24, 2.45) is 0 Å². The Balaban J connectivity index is 1.46. The second kappa shape index (κ2) is 6.74. The lowest BCUT2D eigenvalue weighted by Crippen LogP contribution is -2.31. The molecular formula is C17H23N5OS. The van der Waals surface area contributed by atoms with Gasteiger partial charge in [0, 0.05) is 38.8 Å². The number of anilines is 1. The highest BCUT2D eigenvalue weighted by molar-refractivity contribution is 7.11. The molecule has 4 rings (SSSR count). The van der Waals surface area contributed by atoms with E-state index in [-0.39, 0.29) is 0 Å². The molecule has 2 aliphatic heterocycles. The predicted octanol–water partition coefficient (Wildman–Crippen LogP) is 2.14. The lowest BCUT2D eigenvalue weighted by molar-refractivity contribution is 0.203. The Kier molecular flexibility index (Phi) is 4.47. The highest BCUT2D eigenvalue weighted by Gasteiger charge is 2.22. The van der Waals surface area contributed by atoms with Gasteiger partial charge in [-0.1, -0.05) is 0 Å². The maximum atomic E-state index is 9.64. The largest absolute Gasteiger partial charge is 0.388 e. The van der Waals surface area contributed by atoms with Gasteiger partial charge in [0.2, 0.25) is 0 Å². The number of hydrogen-bond acceptors (Lipinski definition) is 7. The number of aliphatic hydroxyl groups excluding tert-OH is 1. The van der Waals surface area contributed by atoms with Crippen molar-refractivity contribution in [2.45, 2.75) is 45.4 Å². The number of aromatic nitrogens is 3. The van der Waals surface area contributed by atoms with E-state index >= 15 is 0 Å². The van der Waals surface area contributed by atoms with Crippen LogP contribution in [0.3, 0.4) is 0 Å². The zero-order valence-electron chi connectivity index (χ0n) is 14.0. The lowest BCUT2D eigenvalue weighted by atomic mass is 10.1. The molecule has 1 fully saturated rings. The van der Waals surface area contributed by atoms with Crippen LogP contribution in [0.1, 0.15) is 47.0 Å². The Morgan fingerprint density at radius 2 is 2.08 bits per heavy atom. The van der Waals surface area contributed by atoms with Gasteiger partial charge in [0.1, 0.15) is 5.01 Å². The summed E-state index contributed by atoms with van der Waals surface area (Å²) in [7, 11) is 0. The van der Waals surface area contributed by atoms with E-state index < -0.39 is 6.10 Å². The quantitative estimate of drug-likeness (QED) is 0.916. The minimum absolute atomic E-state index is 0.434. The van der Waals surface area contributed by atoms with Crippen LogP contribution in [0.2, 0.25) is 0 Å². The summed E-state index contributed by atoms with van der Waals surface area (Å²) >= 11 is 1.60. The van der Waals surface area contributed by atoms with E-state index in [4.69, 9.17) is 0 Å². The van der Waals surface area contributed by atoms with E-state index in [0.29, 0.717) is 0 Å². The molecule has 0 radical (unpaired) electrons. The van der Waals surface area contributed by atoms with Crippen LogP contribution >= 0.6 is 11.3 Å². The van der Waals surface area contributed by atoms with Crippen LogP contribution in [0, 0.1) is 0 Å². The number of thiazole rings is 1. The zero-order valence-corrected chi connectivity index (χ0v) is 14.8. The van der Waals surface area contributed by atoms with Crippen LogP contribution in [0.25, 0.3) is 0 Å². The van der Waals surface area contributed by atoms with Gasteiger partial charge in [-0.05, 0) is 31.4 Å². The summed E-state index contributed by atoms with van der Waals surface area (Å²) in [5, 5.41) is 19.6. The van der Waals surface area contributed by atoms with Gasteiger partial charge < -0.3 is 10.0 Å². The molecule has 4 heterocycles. The summed E-state index contributed by atoms with van der Waals surface area (Å²) in [6.07, 6.45) is 4.80. The molecule has 1 unspecified atom stereocenters. The van der Waals surface area contributed by atoms with Crippen molar-refractivity contribution in [3.05, 3.63) is 33.4 Å². The molecule has 0 aromatic carbocycles. The van der Waals surface area contributed by atoms with E-state index in [1.54, 1.807) is 24.5 Å². The van der Waals surface area contributed by atoms with Crippen LogP contribution < -0.4 is 4.90 Å². The highest BCUT2D eigenvalue weighted by atomic mass is 32.1. The topological polar surface area (TPSA) is 65.4 Å². The van der Waals surface area contributed by atoms with Gasteiger partial charge >= 0.3 is 0 Å². The first-order chi connectivity index (χ1) is 11.7. The molecule has 24 heavy (non-hydrogen) atoms. The Morgan fingerprint density at radius 1 is 1.25 bits per heavy atom. The Labute approximate surface area is 146 Å². The minimum atomic E-state index is -0.434. The van der Waals surface area contributed by atoms with Crippen molar-refractivity contribution in [2.75, 3.05) is 24.5 Å². The molecule has 7 heteroatoms. The van der Waals surface area contributed by atoms with Crippen LogP contribution in [0.4, 0.5) is 5.82 Å². The second-order valence-corrected chi connectivity index (χ2v) is 7.81. The van der Waals surface area contributed by atoms with Crippen molar-refractivity contribution >= 4 is 17.2 Å². The molecule has 0 bridgehead atoms. The van der Waals surface area contributed by atoms with Crippen LogP contribution in [-0.2, 0) is 19.5 Å². The molecule has 1 N–H and O–H groups in total. The van der Waals surface area contributed by atoms with Gasteiger partial charge in [0.15, 0.2) is 5.82 Å². The molecule has 0 aliphatic carbocycles. The molecule has 6 nitrogen and oxygen atoms in total. The van der Waals surface area contributed by atoms with Gasteiger partial charge in [0.05, 0.1) is 23.2 Å². The maximum absolute atomic E-state index is 9.64. The van der Waals surface area contributed by atoms with E-state index in [0.717, 1.165) is 60.5 Å². The number of aliphatic hydroxyl groups is 1. The summed E-state index contributed by atoms with van der Waals surface area (Å²) in [6.45, 7) is 6.69. The van der Waals surface area contributed by atoms with Crippen LogP contribution in [0.5, 0.6) is 0 Å². The fourth-order valence-corrected chi connectivity index (χ4v) is 4.29. The van der Waals surface area contributed by atoms with E-state index in [2.05, 4.69) is 31.0 Å². The minimum Gasteiger partial charge on any atom is -0.388 e. The molecule has 0 spiro atoms. The van der Waals surface area contributed by atoms with E-state index in [1.165, 1.54) is 18.4 Å². The van der Waals surface area contributed by atoms with Gasteiger partial charge in [-0.25, -0.2) is 4.98 Å². The Hall–Kier alpha value is -1.57. The normalized spacial score (nSPS) is 19.5. The Morgan fingerprint density at radius 3 is 2.83 bits per heavy atom. The molecule has 2 aromatic heterocycles. The van der Waals surface area contributed by atoms with Gasteiger partial charge in [-0.15, -0.1) is 16.4 Å². The highest BCUT2D eigenvalue weighted by Crippen LogP contribution is 2.26. The molecule has 128 valence electrons. The molecule has 2 aromatic rings. The number of fused-ring (bicyclic) bond motifs is 1. The van der Waals surface area contributed by atoms with Gasteiger partial charge in [0.25, 0.3) is 0 Å². The average molecular weight is 345 g/mol. The third-order valence-corrected chi connectivity index (χ3v) is 5.93. The first-order valence-electron chi connectivity index (χ1n) is 8.64. The van der Waals surface area contributed by atoms with Crippen molar-refractivity contribution < 1.29 is 5.11 Å². The molecule has 0 amide bonds. The summed E-state index contributed by atoms with van der Waals surface area (Å²) in [5.74, 6) is 1.03. The first-order valence-corrected chi connectivity index (χ1v) is 9.46. The molecule has 2 aliphatic rings. The van der Waals surface area contributed by atoms with Crippen molar-refractivity contribution in [3.8, 4) is 0 Å². The third kappa shape index (κ3) is 3.29. The average Bonchev–Trinajstić information content (AvgIpc) is 3.26. The standard InChI is InChI=1S/C17H23N5OS/c1-12(23)15-9-18-17(24-15)11-21-7-4-14-13(10-21)8-16(20-19-14)22-5-2-3-6-22/h8-9,12,23H,2-7,10-11H2,1H3. The number of hydrogen-bond donors (Lipinski definition) is 1. The predicted molar refractivity (Wildman–Crippen MR) is 94.0 cm³/mol. The molecular weight excluding hydrogens is 322 g/mol. The fourth-order valence-electron chi connectivity index (χ4n) is 3.39. The van der Waals surface area contributed by atoms with Crippen molar-refractivity contribution in [3.63, 3.8) is 0 Å². The number of rotatable bonds is 4.